The number of nitrogens with zero attached hydrogens (tertiary/aromatic N) is 4. The number of hydrogen-bond donors (Lipinski definition) is 1. The fraction of sp³-hybridized carbons (Fsp3) is 0.267. The van der Waals surface area contributed by atoms with E-state index >= 15 is 0 Å². The predicted molar refractivity (Wildman–Crippen MR) is 78.9 cm³/mol. The van der Waals surface area contributed by atoms with Gasteiger partial charge in [-0.25, -0.2) is 9.78 Å². The van der Waals surface area contributed by atoms with Gasteiger partial charge in [0.2, 0.25) is 0 Å². The number of aromatic nitrogens is 4. The van der Waals surface area contributed by atoms with Gasteiger partial charge in [-0.05, 0) is 19.1 Å². The molecule has 0 aliphatic carbocycles. The molecule has 3 aromatic rings. The number of hydrogen-bond acceptors (Lipinski definition) is 3. The zero-order valence-corrected chi connectivity index (χ0v) is 12.2. The zero-order valence-electron chi connectivity index (χ0n) is 12.2. The van der Waals surface area contributed by atoms with Gasteiger partial charge in [0.1, 0.15) is 5.82 Å². The molecule has 0 spiro atoms. The van der Waals surface area contributed by atoms with E-state index < -0.39 is 5.97 Å². The van der Waals surface area contributed by atoms with E-state index in [1.165, 1.54) is 0 Å². The second-order valence-electron chi connectivity index (χ2n) is 4.97. The molecule has 108 valence electrons. The maximum atomic E-state index is 11.5. The number of rotatable bonds is 3. The molecule has 0 saturated carbocycles. The van der Waals surface area contributed by atoms with Crippen LogP contribution < -0.4 is 0 Å². The Morgan fingerprint density at radius 3 is 2.71 bits per heavy atom. The number of aromatic carboxylic acids is 1. The molecule has 0 amide bonds. The van der Waals surface area contributed by atoms with Crippen molar-refractivity contribution in [3.8, 4) is 5.69 Å². The maximum absolute atomic E-state index is 11.5. The molecule has 1 N–H and O–H groups in total. The lowest BCUT2D eigenvalue weighted by atomic mass is 10.2. The van der Waals surface area contributed by atoms with Crippen LogP contribution in [0.3, 0.4) is 0 Å². The Morgan fingerprint density at radius 2 is 2.14 bits per heavy atom. The quantitative estimate of drug-likeness (QED) is 0.801. The molecular formula is C15H16N4O2. The monoisotopic (exact) mass is 284 g/mol. The Hall–Kier alpha value is -2.63. The molecule has 21 heavy (non-hydrogen) atoms. The highest BCUT2D eigenvalue weighted by atomic mass is 16.4. The lowest BCUT2D eigenvalue weighted by molar-refractivity contribution is 0.0698. The molecular weight excluding hydrogens is 268 g/mol. The molecule has 6 heteroatoms. The largest absolute Gasteiger partial charge is 0.478 e. The Kier molecular flexibility index (Phi) is 3.01. The van der Waals surface area contributed by atoms with Gasteiger partial charge in [0.25, 0.3) is 0 Å². The van der Waals surface area contributed by atoms with Gasteiger partial charge < -0.3 is 5.11 Å². The standard InChI is InChI=1S/C15H16N4O2/c1-4-13-16-11-7-5-6-10(15(20)21)14(11)19(13)12-8-18(3)17-9(12)2/h5-8H,4H2,1-3H3,(H,20,21). The van der Waals surface area contributed by atoms with Crippen molar-refractivity contribution >= 4 is 17.0 Å². The van der Waals surface area contributed by atoms with E-state index in [1.807, 2.05) is 37.7 Å². The highest BCUT2D eigenvalue weighted by molar-refractivity contribution is 6.01. The van der Waals surface area contributed by atoms with Crippen LogP contribution in [0.25, 0.3) is 16.7 Å². The first-order chi connectivity index (χ1) is 10.0. The summed E-state index contributed by atoms with van der Waals surface area (Å²) in [5.41, 5.74) is 3.27. The number of carbonyl (C=O) groups is 1. The van der Waals surface area contributed by atoms with Crippen LogP contribution in [0.15, 0.2) is 24.4 Å². The first-order valence-electron chi connectivity index (χ1n) is 6.77. The molecule has 1 aromatic carbocycles. The minimum atomic E-state index is -0.953. The highest BCUT2D eigenvalue weighted by Crippen LogP contribution is 2.26. The molecule has 0 saturated heterocycles. The van der Waals surface area contributed by atoms with Crippen molar-refractivity contribution in [2.24, 2.45) is 7.05 Å². The van der Waals surface area contributed by atoms with Gasteiger partial charge in [0.15, 0.2) is 0 Å². The SMILES string of the molecule is CCc1nc2cccc(C(=O)O)c2n1-c1cn(C)nc1C. The normalized spacial score (nSPS) is 11.2. The molecule has 0 fully saturated rings. The van der Waals surface area contributed by atoms with Gasteiger partial charge in [-0.1, -0.05) is 13.0 Å². The van der Waals surface area contributed by atoms with Crippen LogP contribution in [0.5, 0.6) is 0 Å². The summed E-state index contributed by atoms with van der Waals surface area (Å²) in [5, 5.41) is 13.8. The summed E-state index contributed by atoms with van der Waals surface area (Å²) in [6.07, 6.45) is 2.59. The topological polar surface area (TPSA) is 72.9 Å². The number of aryl methyl sites for hydroxylation is 3. The van der Waals surface area contributed by atoms with E-state index in [0.717, 1.165) is 17.2 Å². The third kappa shape index (κ3) is 1.99. The van der Waals surface area contributed by atoms with Crippen molar-refractivity contribution in [2.45, 2.75) is 20.3 Å². The number of para-hydroxylation sites is 1. The molecule has 2 heterocycles. The number of benzene rings is 1. The average molecular weight is 284 g/mol. The summed E-state index contributed by atoms with van der Waals surface area (Å²) in [6.45, 7) is 3.91. The molecule has 0 atom stereocenters. The summed E-state index contributed by atoms with van der Waals surface area (Å²) in [5.74, 6) is -0.124. The van der Waals surface area contributed by atoms with Crippen molar-refractivity contribution < 1.29 is 9.90 Å². The van der Waals surface area contributed by atoms with E-state index in [1.54, 1.807) is 16.8 Å². The first-order valence-corrected chi connectivity index (χ1v) is 6.77. The minimum Gasteiger partial charge on any atom is -0.478 e. The average Bonchev–Trinajstić information content (AvgIpc) is 2.97. The predicted octanol–water partition coefficient (Wildman–Crippen LogP) is 2.33. The van der Waals surface area contributed by atoms with Crippen molar-refractivity contribution in [3.05, 3.63) is 41.5 Å². The lowest BCUT2D eigenvalue weighted by Gasteiger charge is -2.08. The van der Waals surface area contributed by atoms with Gasteiger partial charge in [0, 0.05) is 19.7 Å². The molecule has 6 nitrogen and oxygen atoms in total. The van der Waals surface area contributed by atoms with Crippen LogP contribution in [0, 0.1) is 6.92 Å². The summed E-state index contributed by atoms with van der Waals surface area (Å²) in [4.78, 5) is 16.1. The van der Waals surface area contributed by atoms with Gasteiger partial charge >= 0.3 is 5.97 Å². The molecule has 3 rings (SSSR count). The first kappa shape index (κ1) is 13.4. The van der Waals surface area contributed by atoms with Gasteiger partial charge in [-0.15, -0.1) is 0 Å². The molecule has 2 aromatic heterocycles. The second-order valence-corrected chi connectivity index (χ2v) is 4.97. The number of carboxylic acids is 1. The molecule has 0 aliphatic heterocycles. The van der Waals surface area contributed by atoms with Crippen LogP contribution in [-0.4, -0.2) is 30.4 Å². The second kappa shape index (κ2) is 4.73. The van der Waals surface area contributed by atoms with Crippen LogP contribution in [0.4, 0.5) is 0 Å². The maximum Gasteiger partial charge on any atom is 0.337 e. The Balaban J connectivity index is 2.44. The van der Waals surface area contributed by atoms with Crippen molar-refractivity contribution in [2.75, 3.05) is 0 Å². The number of carboxylic acid groups (broad SMARTS) is 1. The molecule has 0 aliphatic rings. The summed E-state index contributed by atoms with van der Waals surface area (Å²) in [7, 11) is 1.85. The smallest absolute Gasteiger partial charge is 0.337 e. The third-order valence-corrected chi connectivity index (χ3v) is 3.52. The van der Waals surface area contributed by atoms with Crippen molar-refractivity contribution in [3.63, 3.8) is 0 Å². The van der Waals surface area contributed by atoms with Crippen LogP contribution in [0.1, 0.15) is 28.8 Å². The Labute approximate surface area is 121 Å². The van der Waals surface area contributed by atoms with E-state index in [4.69, 9.17) is 0 Å². The zero-order chi connectivity index (χ0) is 15.1. The third-order valence-electron chi connectivity index (χ3n) is 3.52. The van der Waals surface area contributed by atoms with E-state index in [0.29, 0.717) is 17.5 Å². The fourth-order valence-corrected chi connectivity index (χ4v) is 2.65. The molecule has 0 unspecified atom stereocenters. The van der Waals surface area contributed by atoms with Crippen LogP contribution >= 0.6 is 0 Å². The lowest BCUT2D eigenvalue weighted by Crippen LogP contribution is -2.05. The van der Waals surface area contributed by atoms with Crippen molar-refractivity contribution in [1.29, 1.82) is 0 Å². The van der Waals surface area contributed by atoms with Crippen molar-refractivity contribution in [1.82, 2.24) is 19.3 Å². The summed E-state index contributed by atoms with van der Waals surface area (Å²) >= 11 is 0. The Bertz CT molecular complexity index is 845. The number of fused-ring (bicyclic) bond motifs is 1. The van der Waals surface area contributed by atoms with E-state index in [-0.39, 0.29) is 5.56 Å². The molecule has 0 radical (unpaired) electrons. The minimum absolute atomic E-state index is 0.253. The highest BCUT2D eigenvalue weighted by Gasteiger charge is 2.20. The van der Waals surface area contributed by atoms with Crippen LogP contribution in [0.2, 0.25) is 0 Å². The molecule has 0 bridgehead atoms. The van der Waals surface area contributed by atoms with E-state index in [9.17, 15) is 9.90 Å². The van der Waals surface area contributed by atoms with Gasteiger partial charge in [-0.3, -0.25) is 9.25 Å². The number of imidazole rings is 1. The van der Waals surface area contributed by atoms with E-state index in [2.05, 4.69) is 10.1 Å². The Morgan fingerprint density at radius 1 is 1.38 bits per heavy atom. The summed E-state index contributed by atoms with van der Waals surface area (Å²) in [6, 6.07) is 5.16. The summed E-state index contributed by atoms with van der Waals surface area (Å²) < 4.78 is 3.63. The van der Waals surface area contributed by atoms with Gasteiger partial charge in [0.05, 0.1) is 28.0 Å². The van der Waals surface area contributed by atoms with Gasteiger partial charge in [-0.2, -0.15) is 5.10 Å². The fourth-order valence-electron chi connectivity index (χ4n) is 2.65. The van der Waals surface area contributed by atoms with Crippen LogP contribution in [-0.2, 0) is 13.5 Å².